The van der Waals surface area contributed by atoms with Gasteiger partial charge < -0.3 is 4.74 Å². The number of fused-ring (bicyclic) bond motifs is 5. The Morgan fingerprint density at radius 2 is 1.73 bits per heavy atom. The zero-order chi connectivity index (χ0) is 24.1. The predicted octanol–water partition coefficient (Wildman–Crippen LogP) is 7.46. The van der Waals surface area contributed by atoms with E-state index in [4.69, 9.17) is 4.74 Å². The predicted molar refractivity (Wildman–Crippen MR) is 134 cm³/mol. The van der Waals surface area contributed by atoms with Crippen LogP contribution in [0.25, 0.3) is 0 Å². The molecule has 0 aromatic rings. The molecule has 10 atom stereocenters. The fraction of sp³-hybridized carbons (Fsp3) is 0.933. The van der Waals surface area contributed by atoms with Crippen LogP contribution in [-0.2, 0) is 14.3 Å². The molecule has 33 heavy (non-hydrogen) atoms. The van der Waals surface area contributed by atoms with Crippen molar-refractivity contribution < 1.29 is 14.3 Å². The maximum Gasteiger partial charge on any atom is 0.302 e. The largest absolute Gasteiger partial charge is 0.463 e. The van der Waals surface area contributed by atoms with Crippen LogP contribution in [0.3, 0.4) is 0 Å². The van der Waals surface area contributed by atoms with Crippen LogP contribution in [0.1, 0.15) is 113 Å². The fourth-order valence-electron chi connectivity index (χ4n) is 9.41. The Labute approximate surface area is 203 Å². The minimum Gasteiger partial charge on any atom is -0.463 e. The lowest BCUT2D eigenvalue weighted by Gasteiger charge is -2.60. The van der Waals surface area contributed by atoms with Crippen molar-refractivity contribution in [2.75, 3.05) is 0 Å². The average molecular weight is 459 g/mol. The lowest BCUT2D eigenvalue weighted by molar-refractivity contribution is -0.169. The van der Waals surface area contributed by atoms with Gasteiger partial charge in [0, 0.05) is 19.3 Å². The molecule has 0 amide bonds. The summed E-state index contributed by atoms with van der Waals surface area (Å²) in [7, 11) is 0. The minimum absolute atomic E-state index is 0.0611. The first-order valence-corrected chi connectivity index (χ1v) is 14.2. The van der Waals surface area contributed by atoms with Crippen LogP contribution in [-0.4, -0.2) is 17.9 Å². The molecule has 0 N–H and O–H groups in total. The maximum atomic E-state index is 13.9. The number of hydrogen-bond acceptors (Lipinski definition) is 3. The maximum absolute atomic E-state index is 13.9. The summed E-state index contributed by atoms with van der Waals surface area (Å²) in [5, 5.41) is 0. The number of ether oxygens (including phenoxy) is 1. The molecule has 0 bridgehead atoms. The van der Waals surface area contributed by atoms with Crippen molar-refractivity contribution in [3.63, 3.8) is 0 Å². The number of esters is 1. The van der Waals surface area contributed by atoms with E-state index in [1.165, 1.54) is 45.4 Å². The van der Waals surface area contributed by atoms with E-state index in [0.717, 1.165) is 49.4 Å². The lowest BCUT2D eigenvalue weighted by atomic mass is 9.44. The van der Waals surface area contributed by atoms with E-state index in [1.807, 2.05) is 0 Å². The number of Topliss-reactive ketones (excluding diaryl/α,β-unsaturated/α-hetero) is 1. The number of hydrogen-bond donors (Lipinski definition) is 0. The summed E-state index contributed by atoms with van der Waals surface area (Å²) < 4.78 is 5.60. The van der Waals surface area contributed by atoms with E-state index < -0.39 is 0 Å². The number of carbonyl (C=O) groups excluding carboxylic acids is 2. The van der Waals surface area contributed by atoms with Gasteiger partial charge in [0.25, 0.3) is 0 Å². The summed E-state index contributed by atoms with van der Waals surface area (Å²) in [6.07, 6.45) is 11.5. The summed E-state index contributed by atoms with van der Waals surface area (Å²) in [6, 6.07) is 0. The summed E-state index contributed by atoms with van der Waals surface area (Å²) in [5.74, 6) is 5.45. The van der Waals surface area contributed by atoms with Crippen molar-refractivity contribution in [1.82, 2.24) is 0 Å². The first-order valence-electron chi connectivity index (χ1n) is 14.2. The third-order valence-corrected chi connectivity index (χ3v) is 11.6. The quantitative estimate of drug-likeness (QED) is 0.388. The van der Waals surface area contributed by atoms with Crippen LogP contribution in [0.15, 0.2) is 0 Å². The molecule has 4 aliphatic carbocycles. The monoisotopic (exact) mass is 458 g/mol. The van der Waals surface area contributed by atoms with Gasteiger partial charge in [0.1, 0.15) is 11.9 Å². The van der Waals surface area contributed by atoms with E-state index in [-0.39, 0.29) is 28.8 Å². The van der Waals surface area contributed by atoms with Gasteiger partial charge in [0.2, 0.25) is 0 Å². The molecule has 0 saturated heterocycles. The van der Waals surface area contributed by atoms with Crippen molar-refractivity contribution >= 4 is 11.8 Å². The molecule has 0 aliphatic heterocycles. The van der Waals surface area contributed by atoms with Gasteiger partial charge in [-0.05, 0) is 97.2 Å². The first-order chi connectivity index (χ1) is 15.5. The second-order valence-electron chi connectivity index (χ2n) is 13.6. The molecule has 0 spiro atoms. The van der Waals surface area contributed by atoms with Crippen LogP contribution >= 0.6 is 0 Å². The zero-order valence-electron chi connectivity index (χ0n) is 22.5. The molecule has 4 fully saturated rings. The van der Waals surface area contributed by atoms with E-state index in [9.17, 15) is 9.59 Å². The molecule has 0 aromatic carbocycles. The molecular formula is C30H50O3. The fourth-order valence-corrected chi connectivity index (χ4v) is 9.41. The average Bonchev–Trinajstić information content (AvgIpc) is 3.07. The van der Waals surface area contributed by atoms with Gasteiger partial charge in [-0.25, -0.2) is 0 Å². The molecule has 0 unspecified atom stereocenters. The Bertz CT molecular complexity index is 743. The summed E-state index contributed by atoms with van der Waals surface area (Å²) in [6.45, 7) is 16.0. The van der Waals surface area contributed by atoms with Crippen LogP contribution in [0.4, 0.5) is 0 Å². The van der Waals surface area contributed by atoms with E-state index in [0.29, 0.717) is 23.5 Å². The van der Waals surface area contributed by atoms with Gasteiger partial charge in [-0.3, -0.25) is 9.59 Å². The molecule has 4 rings (SSSR count). The Morgan fingerprint density at radius 3 is 2.39 bits per heavy atom. The first kappa shape index (κ1) is 25.2. The molecule has 0 heterocycles. The third-order valence-electron chi connectivity index (χ3n) is 11.6. The summed E-state index contributed by atoms with van der Waals surface area (Å²) in [5.41, 5.74) is 0.311. The molecule has 4 saturated carbocycles. The van der Waals surface area contributed by atoms with Gasteiger partial charge in [-0.15, -0.1) is 0 Å². The van der Waals surface area contributed by atoms with E-state index >= 15 is 0 Å². The van der Waals surface area contributed by atoms with E-state index in [2.05, 4.69) is 41.5 Å². The Hall–Kier alpha value is -0.860. The van der Waals surface area contributed by atoms with Crippen LogP contribution < -0.4 is 0 Å². The van der Waals surface area contributed by atoms with Gasteiger partial charge in [0.05, 0.1) is 0 Å². The number of rotatable bonds is 6. The van der Waals surface area contributed by atoms with Gasteiger partial charge in [0.15, 0.2) is 0 Å². The standard InChI is InChI=1S/C30H50O3/c1-18(2)19(3)8-9-20(4)25-12-13-26-24-11-10-22-16-23(33-21(5)31)14-15-29(22,6)28(24)27(32)17-30(25,26)7/h18-20,22-26,28H,8-17H2,1-7H3/t19-,20+,22-,23+,24+,25+,26+,28-,29-,30-/m0/s1. The highest BCUT2D eigenvalue weighted by atomic mass is 16.5. The highest BCUT2D eigenvalue weighted by Gasteiger charge is 2.63. The summed E-state index contributed by atoms with van der Waals surface area (Å²) >= 11 is 0. The highest BCUT2D eigenvalue weighted by molar-refractivity contribution is 5.84. The van der Waals surface area contributed by atoms with Crippen LogP contribution in [0.5, 0.6) is 0 Å². The molecule has 3 nitrogen and oxygen atoms in total. The van der Waals surface area contributed by atoms with Crippen molar-refractivity contribution in [3.05, 3.63) is 0 Å². The molecule has 188 valence electrons. The Balaban J connectivity index is 1.49. The van der Waals surface area contributed by atoms with Crippen molar-refractivity contribution in [3.8, 4) is 0 Å². The number of carbonyl (C=O) groups is 2. The zero-order valence-corrected chi connectivity index (χ0v) is 22.5. The minimum atomic E-state index is -0.157. The van der Waals surface area contributed by atoms with Gasteiger partial charge in [-0.1, -0.05) is 54.4 Å². The molecular weight excluding hydrogens is 408 g/mol. The topological polar surface area (TPSA) is 43.4 Å². The number of ketones is 1. The second-order valence-corrected chi connectivity index (χ2v) is 13.6. The molecule has 4 aliphatic rings. The summed E-state index contributed by atoms with van der Waals surface area (Å²) in [4.78, 5) is 25.5. The second kappa shape index (κ2) is 9.30. The van der Waals surface area contributed by atoms with E-state index in [1.54, 1.807) is 0 Å². The Kier molecular flexibility index (Phi) is 7.12. The van der Waals surface area contributed by atoms with Gasteiger partial charge >= 0.3 is 5.97 Å². The van der Waals surface area contributed by atoms with Crippen LogP contribution in [0.2, 0.25) is 0 Å². The smallest absolute Gasteiger partial charge is 0.302 e. The third kappa shape index (κ3) is 4.44. The van der Waals surface area contributed by atoms with Crippen molar-refractivity contribution in [2.45, 2.75) is 119 Å². The normalized spacial score (nSPS) is 44.5. The lowest BCUT2D eigenvalue weighted by Crippen LogP contribution is -2.58. The van der Waals surface area contributed by atoms with Crippen LogP contribution in [0, 0.1) is 58.2 Å². The van der Waals surface area contributed by atoms with Crippen molar-refractivity contribution in [2.24, 2.45) is 58.2 Å². The van der Waals surface area contributed by atoms with Gasteiger partial charge in [-0.2, -0.15) is 0 Å². The van der Waals surface area contributed by atoms with Crippen molar-refractivity contribution in [1.29, 1.82) is 0 Å². The molecule has 3 heteroatoms. The highest BCUT2D eigenvalue weighted by Crippen LogP contribution is 2.67. The molecule has 0 radical (unpaired) electrons. The Morgan fingerprint density at radius 1 is 1.00 bits per heavy atom. The SMILES string of the molecule is CC(=O)O[C@@H]1CC[C@@]2(C)[C@@H](CC[C@@H]3[C@H]4CC[C@H]([C@H](C)CC[C@H](C)C(C)C)[C@]4(C)CC(=O)[C@H]32)C1. The molecule has 0 aromatic heterocycles.